The van der Waals surface area contributed by atoms with Crippen molar-refractivity contribution in [2.24, 2.45) is 4.99 Å². The van der Waals surface area contributed by atoms with Crippen molar-refractivity contribution in [3.8, 4) is 11.5 Å². The monoisotopic (exact) mass is 498 g/mol. The van der Waals surface area contributed by atoms with E-state index in [4.69, 9.17) is 32.7 Å². The summed E-state index contributed by atoms with van der Waals surface area (Å²) in [5, 5.41) is 4.09. The van der Waals surface area contributed by atoms with E-state index in [1.54, 1.807) is 24.3 Å². The molecule has 0 saturated carbocycles. The molecule has 0 bridgehead atoms. The average molecular weight is 499 g/mol. The van der Waals surface area contributed by atoms with Crippen LogP contribution in [-0.2, 0) is 11.4 Å². The van der Waals surface area contributed by atoms with E-state index in [2.05, 4.69) is 10.3 Å². The Kier molecular flexibility index (Phi) is 7.60. The van der Waals surface area contributed by atoms with Gasteiger partial charge in [0.2, 0.25) is 0 Å². The van der Waals surface area contributed by atoms with E-state index >= 15 is 0 Å². The number of amides is 1. The predicted octanol–water partition coefficient (Wildman–Crippen LogP) is 6.86. The van der Waals surface area contributed by atoms with Crippen molar-refractivity contribution in [3.05, 3.63) is 92.8 Å². The molecule has 1 aliphatic rings. The van der Waals surface area contributed by atoms with Crippen molar-refractivity contribution in [2.75, 3.05) is 6.61 Å². The van der Waals surface area contributed by atoms with Crippen molar-refractivity contribution >= 4 is 57.8 Å². The number of halogens is 2. The predicted molar refractivity (Wildman–Crippen MR) is 136 cm³/mol. The summed E-state index contributed by atoms with van der Waals surface area (Å²) in [5.74, 6) is 1.05. The summed E-state index contributed by atoms with van der Waals surface area (Å²) in [5.41, 5.74) is 2.49. The fourth-order valence-electron chi connectivity index (χ4n) is 3.04. The Morgan fingerprint density at radius 2 is 1.79 bits per heavy atom. The van der Waals surface area contributed by atoms with Crippen LogP contribution >= 0.6 is 35.0 Å². The van der Waals surface area contributed by atoms with Gasteiger partial charge in [0.25, 0.3) is 5.91 Å². The molecule has 1 fully saturated rings. The van der Waals surface area contributed by atoms with E-state index in [1.165, 1.54) is 11.8 Å². The molecule has 5 nitrogen and oxygen atoms in total. The van der Waals surface area contributed by atoms with Gasteiger partial charge in [-0.25, -0.2) is 4.99 Å². The summed E-state index contributed by atoms with van der Waals surface area (Å²) in [4.78, 5) is 17.4. The van der Waals surface area contributed by atoms with E-state index in [-0.39, 0.29) is 5.91 Å². The molecule has 0 aromatic heterocycles. The molecule has 1 aliphatic heterocycles. The summed E-state index contributed by atoms with van der Waals surface area (Å²) < 4.78 is 11.7. The van der Waals surface area contributed by atoms with Crippen molar-refractivity contribution < 1.29 is 14.3 Å². The van der Waals surface area contributed by atoms with E-state index in [0.717, 1.165) is 11.1 Å². The minimum absolute atomic E-state index is 0.221. The molecular formula is C25H20Cl2N2O3S. The molecule has 0 unspecified atom stereocenters. The lowest BCUT2D eigenvalue weighted by molar-refractivity contribution is -0.115. The fourth-order valence-corrected chi connectivity index (χ4v) is 4.18. The molecular weight excluding hydrogens is 479 g/mol. The first-order valence-electron chi connectivity index (χ1n) is 10.2. The number of benzene rings is 3. The number of carbonyl (C=O) groups is 1. The quantitative estimate of drug-likeness (QED) is 0.361. The normalized spacial score (nSPS) is 15.7. The van der Waals surface area contributed by atoms with Crippen LogP contribution in [0.5, 0.6) is 11.5 Å². The van der Waals surface area contributed by atoms with Crippen molar-refractivity contribution in [2.45, 2.75) is 13.5 Å². The molecule has 3 aromatic rings. The summed E-state index contributed by atoms with van der Waals surface area (Å²) in [6.45, 7) is 2.85. The molecule has 4 rings (SSSR count). The maximum absolute atomic E-state index is 12.5. The van der Waals surface area contributed by atoms with Crippen molar-refractivity contribution in [1.29, 1.82) is 0 Å². The van der Waals surface area contributed by atoms with Gasteiger partial charge in [0.15, 0.2) is 16.7 Å². The number of thioether (sulfide) groups is 1. The lowest BCUT2D eigenvalue weighted by Gasteiger charge is -2.13. The molecule has 168 valence electrons. The number of ether oxygens (including phenoxy) is 2. The van der Waals surface area contributed by atoms with E-state index in [1.807, 2.05) is 55.5 Å². The first kappa shape index (κ1) is 23.2. The van der Waals surface area contributed by atoms with Crippen LogP contribution in [0.2, 0.25) is 10.0 Å². The van der Waals surface area contributed by atoms with Crippen LogP contribution in [0.1, 0.15) is 18.1 Å². The zero-order chi connectivity index (χ0) is 23.2. The van der Waals surface area contributed by atoms with Crippen LogP contribution in [0.4, 0.5) is 5.69 Å². The van der Waals surface area contributed by atoms with Gasteiger partial charge in [0.1, 0.15) is 6.61 Å². The van der Waals surface area contributed by atoms with Crippen LogP contribution in [0.15, 0.2) is 76.6 Å². The smallest absolute Gasteiger partial charge is 0.264 e. The number of carbonyl (C=O) groups excluding carboxylic acids is 1. The Bertz CT molecular complexity index is 1230. The van der Waals surface area contributed by atoms with Gasteiger partial charge in [-0.05, 0) is 66.2 Å². The number of aliphatic imine (C=N–C) groups is 1. The molecule has 1 saturated heterocycles. The van der Waals surface area contributed by atoms with Crippen molar-refractivity contribution in [3.63, 3.8) is 0 Å². The number of rotatable bonds is 7. The highest BCUT2D eigenvalue weighted by atomic mass is 35.5. The van der Waals surface area contributed by atoms with Gasteiger partial charge >= 0.3 is 0 Å². The van der Waals surface area contributed by atoms with Gasteiger partial charge in [0, 0.05) is 0 Å². The second-order valence-electron chi connectivity index (χ2n) is 6.99. The zero-order valence-electron chi connectivity index (χ0n) is 17.7. The number of nitrogens with zero attached hydrogens (tertiary/aromatic N) is 1. The third-order valence-corrected chi connectivity index (χ3v) is 6.24. The van der Waals surface area contributed by atoms with Gasteiger partial charge < -0.3 is 14.8 Å². The largest absolute Gasteiger partial charge is 0.490 e. The highest BCUT2D eigenvalue weighted by Gasteiger charge is 2.24. The molecule has 8 heteroatoms. The van der Waals surface area contributed by atoms with E-state index in [9.17, 15) is 4.79 Å². The maximum atomic E-state index is 12.5. The molecule has 3 aromatic carbocycles. The Labute approximate surface area is 206 Å². The Morgan fingerprint density at radius 3 is 2.55 bits per heavy atom. The molecule has 1 heterocycles. The highest BCUT2D eigenvalue weighted by molar-refractivity contribution is 8.18. The standard InChI is InChI=1S/C25H20Cl2N2O3S/c1-2-31-22-12-17(8-11-21(22)32-15-16-6-4-3-5-7-16)13-23-24(30)29-25(33-23)28-18-9-10-19(26)20(27)14-18/h3-14H,2,15H2,1H3,(H,28,29,30)/b23-13+. The van der Waals surface area contributed by atoms with Crippen LogP contribution in [0.25, 0.3) is 6.08 Å². The molecule has 0 atom stereocenters. The summed E-state index contributed by atoms with van der Waals surface area (Å²) in [7, 11) is 0. The third kappa shape index (κ3) is 6.11. The SMILES string of the molecule is CCOc1cc(/C=C2/SC(=Nc3ccc(Cl)c(Cl)c3)NC2=O)ccc1OCc1ccccc1. The lowest BCUT2D eigenvalue weighted by atomic mass is 10.2. The molecule has 33 heavy (non-hydrogen) atoms. The minimum atomic E-state index is -0.221. The third-order valence-electron chi connectivity index (χ3n) is 4.59. The number of nitrogens with one attached hydrogen (secondary N) is 1. The Hall–Kier alpha value is -2.93. The van der Waals surface area contributed by atoms with Crippen LogP contribution in [0.3, 0.4) is 0 Å². The Balaban J connectivity index is 1.51. The lowest BCUT2D eigenvalue weighted by Crippen LogP contribution is -2.19. The van der Waals surface area contributed by atoms with Crippen LogP contribution < -0.4 is 14.8 Å². The van der Waals surface area contributed by atoms with Gasteiger partial charge in [-0.3, -0.25) is 4.79 Å². The average Bonchev–Trinajstić information content (AvgIpc) is 3.15. The van der Waals surface area contributed by atoms with Gasteiger partial charge in [-0.15, -0.1) is 0 Å². The van der Waals surface area contributed by atoms with E-state index in [0.29, 0.717) is 50.5 Å². The first-order chi connectivity index (χ1) is 16.0. The maximum Gasteiger partial charge on any atom is 0.264 e. The number of amidine groups is 1. The number of hydrogen-bond acceptors (Lipinski definition) is 5. The number of hydrogen-bond donors (Lipinski definition) is 1. The van der Waals surface area contributed by atoms with Gasteiger partial charge in [-0.2, -0.15) is 0 Å². The van der Waals surface area contributed by atoms with Gasteiger partial charge in [0.05, 0.1) is 27.2 Å². The fraction of sp³-hybridized carbons (Fsp3) is 0.120. The molecule has 0 aliphatic carbocycles. The molecule has 1 amide bonds. The summed E-state index contributed by atoms with van der Waals surface area (Å²) in [6.07, 6.45) is 1.79. The topological polar surface area (TPSA) is 59.9 Å². The summed E-state index contributed by atoms with van der Waals surface area (Å²) >= 11 is 13.2. The summed E-state index contributed by atoms with van der Waals surface area (Å²) in [6, 6.07) is 20.6. The highest BCUT2D eigenvalue weighted by Crippen LogP contribution is 2.33. The zero-order valence-corrected chi connectivity index (χ0v) is 20.0. The second-order valence-corrected chi connectivity index (χ2v) is 8.84. The molecule has 0 spiro atoms. The second kappa shape index (κ2) is 10.8. The van der Waals surface area contributed by atoms with Crippen LogP contribution in [-0.4, -0.2) is 17.7 Å². The van der Waals surface area contributed by atoms with Gasteiger partial charge in [-0.1, -0.05) is 59.6 Å². The van der Waals surface area contributed by atoms with Crippen molar-refractivity contribution in [1.82, 2.24) is 5.32 Å². The van der Waals surface area contributed by atoms with Crippen LogP contribution in [0, 0.1) is 0 Å². The minimum Gasteiger partial charge on any atom is -0.490 e. The van der Waals surface area contributed by atoms with E-state index < -0.39 is 0 Å². The molecule has 1 N–H and O–H groups in total. The molecule has 0 radical (unpaired) electrons. The Morgan fingerprint density at radius 1 is 0.970 bits per heavy atom. The first-order valence-corrected chi connectivity index (χ1v) is 11.8.